The third kappa shape index (κ3) is 3.68. The number of hydrogen-bond donors (Lipinski definition) is 2. The summed E-state index contributed by atoms with van der Waals surface area (Å²) in [4.78, 5) is 11.5. The second kappa shape index (κ2) is 6.36. The third-order valence-corrected chi connectivity index (χ3v) is 4.01. The predicted octanol–water partition coefficient (Wildman–Crippen LogP) is 1.44. The SMILES string of the molecule is CCC1CCC(CN)(OC(C)C(=O)NC)CC1. The van der Waals surface area contributed by atoms with Crippen molar-refractivity contribution in [2.45, 2.75) is 57.7 Å². The maximum absolute atomic E-state index is 11.5. The third-order valence-electron chi connectivity index (χ3n) is 4.01. The lowest BCUT2D eigenvalue weighted by Gasteiger charge is -2.40. The zero-order valence-corrected chi connectivity index (χ0v) is 11.3. The molecule has 1 aliphatic carbocycles. The highest BCUT2D eigenvalue weighted by Crippen LogP contribution is 2.36. The van der Waals surface area contributed by atoms with E-state index in [9.17, 15) is 4.79 Å². The van der Waals surface area contributed by atoms with E-state index >= 15 is 0 Å². The van der Waals surface area contributed by atoms with Crippen LogP contribution in [0.4, 0.5) is 0 Å². The molecule has 0 saturated heterocycles. The normalized spacial score (nSPS) is 30.9. The molecule has 0 radical (unpaired) electrons. The Morgan fingerprint density at radius 3 is 2.53 bits per heavy atom. The van der Waals surface area contributed by atoms with E-state index in [1.807, 2.05) is 0 Å². The average Bonchev–Trinajstić information content (AvgIpc) is 2.38. The van der Waals surface area contributed by atoms with Crippen LogP contribution in [-0.4, -0.2) is 31.2 Å². The van der Waals surface area contributed by atoms with Gasteiger partial charge in [0, 0.05) is 13.6 Å². The Hall–Kier alpha value is -0.610. The fourth-order valence-electron chi connectivity index (χ4n) is 2.61. The first-order chi connectivity index (χ1) is 8.06. The van der Waals surface area contributed by atoms with Crippen molar-refractivity contribution in [3.05, 3.63) is 0 Å². The molecule has 1 fully saturated rings. The second-order valence-electron chi connectivity index (χ2n) is 5.11. The van der Waals surface area contributed by atoms with Crippen LogP contribution in [0.2, 0.25) is 0 Å². The molecule has 0 aliphatic heterocycles. The van der Waals surface area contributed by atoms with Crippen molar-refractivity contribution in [1.29, 1.82) is 0 Å². The molecule has 0 aromatic heterocycles. The van der Waals surface area contributed by atoms with Gasteiger partial charge >= 0.3 is 0 Å². The van der Waals surface area contributed by atoms with Gasteiger partial charge in [-0.2, -0.15) is 0 Å². The fourth-order valence-corrected chi connectivity index (χ4v) is 2.61. The number of likely N-dealkylation sites (N-methyl/N-ethyl adjacent to an activating group) is 1. The smallest absolute Gasteiger partial charge is 0.248 e. The lowest BCUT2D eigenvalue weighted by atomic mass is 9.77. The van der Waals surface area contributed by atoms with Crippen LogP contribution in [0.25, 0.3) is 0 Å². The Morgan fingerprint density at radius 1 is 1.53 bits per heavy atom. The van der Waals surface area contributed by atoms with E-state index in [1.54, 1.807) is 14.0 Å². The van der Waals surface area contributed by atoms with Crippen molar-refractivity contribution in [3.8, 4) is 0 Å². The van der Waals surface area contributed by atoms with Gasteiger partial charge in [-0.05, 0) is 38.5 Å². The lowest BCUT2D eigenvalue weighted by Crippen LogP contribution is -2.48. The largest absolute Gasteiger partial charge is 0.361 e. The van der Waals surface area contributed by atoms with Gasteiger partial charge in [0.25, 0.3) is 0 Å². The molecular formula is C13H26N2O2. The van der Waals surface area contributed by atoms with Crippen LogP contribution in [-0.2, 0) is 9.53 Å². The van der Waals surface area contributed by atoms with Gasteiger partial charge in [0.1, 0.15) is 6.10 Å². The van der Waals surface area contributed by atoms with Crippen LogP contribution in [0.5, 0.6) is 0 Å². The Labute approximate surface area is 104 Å². The Kier molecular flexibility index (Phi) is 5.40. The van der Waals surface area contributed by atoms with Gasteiger partial charge in [0.2, 0.25) is 5.91 Å². The quantitative estimate of drug-likeness (QED) is 0.766. The van der Waals surface area contributed by atoms with E-state index in [4.69, 9.17) is 10.5 Å². The molecule has 1 aliphatic rings. The average molecular weight is 242 g/mol. The van der Waals surface area contributed by atoms with E-state index in [1.165, 1.54) is 6.42 Å². The molecule has 1 unspecified atom stereocenters. The molecule has 0 aromatic rings. The minimum Gasteiger partial charge on any atom is -0.361 e. The number of rotatable bonds is 5. The molecule has 17 heavy (non-hydrogen) atoms. The van der Waals surface area contributed by atoms with Crippen LogP contribution >= 0.6 is 0 Å². The number of amides is 1. The zero-order valence-electron chi connectivity index (χ0n) is 11.3. The topological polar surface area (TPSA) is 64.3 Å². The summed E-state index contributed by atoms with van der Waals surface area (Å²) in [6.07, 6.45) is 5.09. The highest BCUT2D eigenvalue weighted by atomic mass is 16.5. The van der Waals surface area contributed by atoms with E-state index in [-0.39, 0.29) is 11.5 Å². The van der Waals surface area contributed by atoms with Crippen molar-refractivity contribution in [1.82, 2.24) is 5.32 Å². The van der Waals surface area contributed by atoms with Gasteiger partial charge in [-0.1, -0.05) is 13.3 Å². The second-order valence-corrected chi connectivity index (χ2v) is 5.11. The molecule has 4 heteroatoms. The number of carbonyl (C=O) groups is 1. The van der Waals surface area contributed by atoms with Crippen LogP contribution < -0.4 is 11.1 Å². The van der Waals surface area contributed by atoms with Crippen molar-refractivity contribution in [3.63, 3.8) is 0 Å². The van der Waals surface area contributed by atoms with Gasteiger partial charge in [-0.15, -0.1) is 0 Å². The number of ether oxygens (including phenoxy) is 1. The molecule has 1 atom stereocenters. The number of nitrogens with one attached hydrogen (secondary N) is 1. The molecular weight excluding hydrogens is 216 g/mol. The van der Waals surface area contributed by atoms with E-state index < -0.39 is 6.10 Å². The zero-order chi connectivity index (χ0) is 12.9. The molecule has 1 saturated carbocycles. The van der Waals surface area contributed by atoms with Gasteiger partial charge in [-0.3, -0.25) is 4.79 Å². The molecule has 4 nitrogen and oxygen atoms in total. The van der Waals surface area contributed by atoms with E-state index in [0.717, 1.165) is 31.6 Å². The molecule has 0 aromatic carbocycles. The number of nitrogens with two attached hydrogens (primary N) is 1. The summed E-state index contributed by atoms with van der Waals surface area (Å²) in [5, 5.41) is 2.61. The van der Waals surface area contributed by atoms with Crippen LogP contribution in [0.1, 0.15) is 46.0 Å². The predicted molar refractivity (Wildman–Crippen MR) is 68.6 cm³/mol. The highest BCUT2D eigenvalue weighted by Gasteiger charge is 2.37. The Balaban J connectivity index is 2.55. The molecule has 1 amide bonds. The highest BCUT2D eigenvalue weighted by molar-refractivity contribution is 5.80. The summed E-state index contributed by atoms with van der Waals surface area (Å²) in [5.41, 5.74) is 5.58. The molecule has 1 rings (SSSR count). The summed E-state index contributed by atoms with van der Waals surface area (Å²) in [7, 11) is 1.63. The summed E-state index contributed by atoms with van der Waals surface area (Å²) < 4.78 is 5.94. The monoisotopic (exact) mass is 242 g/mol. The summed E-state index contributed by atoms with van der Waals surface area (Å²) in [5.74, 6) is 0.726. The van der Waals surface area contributed by atoms with E-state index in [0.29, 0.717) is 6.54 Å². The molecule has 100 valence electrons. The minimum atomic E-state index is -0.415. The number of carbonyl (C=O) groups excluding carboxylic acids is 1. The number of hydrogen-bond acceptors (Lipinski definition) is 3. The van der Waals surface area contributed by atoms with Gasteiger partial charge in [0.05, 0.1) is 5.60 Å². The summed E-state index contributed by atoms with van der Waals surface area (Å²) in [6.45, 7) is 4.53. The Morgan fingerprint density at radius 2 is 2.12 bits per heavy atom. The Bertz CT molecular complexity index is 248. The lowest BCUT2D eigenvalue weighted by molar-refractivity contribution is -0.150. The molecule has 0 heterocycles. The van der Waals surface area contributed by atoms with Crippen molar-refractivity contribution in [2.24, 2.45) is 11.7 Å². The maximum Gasteiger partial charge on any atom is 0.248 e. The first-order valence-electron chi connectivity index (χ1n) is 6.66. The van der Waals surface area contributed by atoms with Crippen molar-refractivity contribution < 1.29 is 9.53 Å². The first-order valence-corrected chi connectivity index (χ1v) is 6.66. The van der Waals surface area contributed by atoms with Crippen LogP contribution in [0, 0.1) is 5.92 Å². The van der Waals surface area contributed by atoms with Gasteiger partial charge in [0.15, 0.2) is 0 Å². The van der Waals surface area contributed by atoms with Crippen LogP contribution in [0.3, 0.4) is 0 Å². The fraction of sp³-hybridized carbons (Fsp3) is 0.923. The van der Waals surface area contributed by atoms with E-state index in [2.05, 4.69) is 12.2 Å². The van der Waals surface area contributed by atoms with Crippen molar-refractivity contribution in [2.75, 3.05) is 13.6 Å². The maximum atomic E-state index is 11.5. The minimum absolute atomic E-state index is 0.0737. The first kappa shape index (κ1) is 14.5. The molecule has 3 N–H and O–H groups in total. The van der Waals surface area contributed by atoms with Gasteiger partial charge < -0.3 is 15.8 Å². The van der Waals surface area contributed by atoms with Crippen LogP contribution in [0.15, 0.2) is 0 Å². The molecule has 0 bridgehead atoms. The summed E-state index contributed by atoms with van der Waals surface area (Å²) >= 11 is 0. The summed E-state index contributed by atoms with van der Waals surface area (Å²) in [6, 6.07) is 0. The van der Waals surface area contributed by atoms with Gasteiger partial charge in [-0.25, -0.2) is 0 Å². The molecule has 0 spiro atoms. The standard InChI is InChI=1S/C13H26N2O2/c1-4-11-5-7-13(9-14,8-6-11)17-10(2)12(16)15-3/h10-11H,4-9,14H2,1-3H3,(H,15,16). The van der Waals surface area contributed by atoms with Crippen molar-refractivity contribution >= 4 is 5.91 Å².